The topological polar surface area (TPSA) is 98.5 Å². The Morgan fingerprint density at radius 2 is 1.84 bits per heavy atom. The van der Waals surface area contributed by atoms with Gasteiger partial charge in [-0.2, -0.15) is 0 Å². The second kappa shape index (κ2) is 8.00. The molecule has 0 spiro atoms. The number of nitrogens with one attached hydrogen (secondary N) is 1. The van der Waals surface area contributed by atoms with E-state index in [-0.39, 0.29) is 17.7 Å². The first-order chi connectivity index (χ1) is 11.9. The standard InChI is InChI=1S/C17H15FN2O5/c1-25-17(22)15(10-11-6-8-12(9-7-11)20(23)24)19-16(21)13-4-2-3-5-14(13)18/h2-9,15H,10H2,1H3,(H,19,21). The zero-order valence-corrected chi connectivity index (χ0v) is 13.3. The number of esters is 1. The minimum Gasteiger partial charge on any atom is -0.467 e. The summed E-state index contributed by atoms with van der Waals surface area (Å²) in [5.41, 5.74) is 0.295. The molecule has 2 rings (SSSR count). The van der Waals surface area contributed by atoms with Gasteiger partial charge in [0, 0.05) is 18.6 Å². The van der Waals surface area contributed by atoms with E-state index < -0.39 is 28.7 Å². The van der Waals surface area contributed by atoms with Crippen LogP contribution < -0.4 is 5.32 Å². The van der Waals surface area contributed by atoms with Crippen molar-refractivity contribution in [3.63, 3.8) is 0 Å². The molecule has 1 N–H and O–H groups in total. The van der Waals surface area contributed by atoms with Crippen LogP contribution in [0.4, 0.5) is 10.1 Å². The van der Waals surface area contributed by atoms with Gasteiger partial charge < -0.3 is 10.1 Å². The number of non-ortho nitro benzene ring substituents is 1. The molecule has 0 aromatic heterocycles. The van der Waals surface area contributed by atoms with Crippen molar-refractivity contribution in [1.82, 2.24) is 5.32 Å². The number of benzene rings is 2. The van der Waals surface area contributed by atoms with Gasteiger partial charge in [0.25, 0.3) is 11.6 Å². The molecule has 8 heteroatoms. The minimum atomic E-state index is -1.06. The summed E-state index contributed by atoms with van der Waals surface area (Å²) in [6.07, 6.45) is 0.0465. The second-order valence-electron chi connectivity index (χ2n) is 5.16. The van der Waals surface area contributed by atoms with Gasteiger partial charge >= 0.3 is 5.97 Å². The highest BCUT2D eigenvalue weighted by Gasteiger charge is 2.24. The Hall–Kier alpha value is -3.29. The van der Waals surface area contributed by atoms with Crippen molar-refractivity contribution >= 4 is 17.6 Å². The highest BCUT2D eigenvalue weighted by Crippen LogP contribution is 2.14. The molecule has 2 aromatic rings. The molecule has 1 atom stereocenters. The Kier molecular flexibility index (Phi) is 5.78. The molecule has 0 heterocycles. The van der Waals surface area contributed by atoms with E-state index in [0.29, 0.717) is 5.56 Å². The molecule has 0 aliphatic heterocycles. The molecule has 0 bridgehead atoms. The van der Waals surface area contributed by atoms with Crippen molar-refractivity contribution in [3.8, 4) is 0 Å². The summed E-state index contributed by atoms with van der Waals surface area (Å²) >= 11 is 0. The molecular formula is C17H15FN2O5. The van der Waals surface area contributed by atoms with Crippen molar-refractivity contribution in [2.24, 2.45) is 0 Å². The number of carbonyl (C=O) groups is 2. The molecule has 130 valence electrons. The summed E-state index contributed by atoms with van der Waals surface area (Å²) in [5.74, 6) is -2.17. The monoisotopic (exact) mass is 346 g/mol. The third-order valence-electron chi connectivity index (χ3n) is 3.50. The van der Waals surface area contributed by atoms with Crippen molar-refractivity contribution in [3.05, 3.63) is 75.6 Å². The average molecular weight is 346 g/mol. The second-order valence-corrected chi connectivity index (χ2v) is 5.16. The third-order valence-corrected chi connectivity index (χ3v) is 3.50. The van der Waals surface area contributed by atoms with Gasteiger partial charge in [0.05, 0.1) is 17.6 Å². The first-order valence-corrected chi connectivity index (χ1v) is 7.29. The zero-order chi connectivity index (χ0) is 18.4. The Balaban J connectivity index is 2.16. The average Bonchev–Trinajstić information content (AvgIpc) is 2.61. The van der Waals surface area contributed by atoms with Crippen molar-refractivity contribution < 1.29 is 23.6 Å². The van der Waals surface area contributed by atoms with Crippen LogP contribution in [-0.2, 0) is 16.0 Å². The number of hydrogen-bond donors (Lipinski definition) is 1. The number of ether oxygens (including phenoxy) is 1. The smallest absolute Gasteiger partial charge is 0.328 e. The Morgan fingerprint density at radius 3 is 2.40 bits per heavy atom. The van der Waals surface area contributed by atoms with Crippen LogP contribution in [0.3, 0.4) is 0 Å². The van der Waals surface area contributed by atoms with E-state index in [9.17, 15) is 24.1 Å². The van der Waals surface area contributed by atoms with E-state index in [2.05, 4.69) is 10.1 Å². The van der Waals surface area contributed by atoms with Crippen LogP contribution in [0.1, 0.15) is 15.9 Å². The van der Waals surface area contributed by atoms with Gasteiger partial charge in [-0.05, 0) is 17.7 Å². The van der Waals surface area contributed by atoms with Gasteiger partial charge in [-0.3, -0.25) is 14.9 Å². The number of nitro benzene ring substituents is 1. The maximum atomic E-state index is 13.7. The molecule has 2 aromatic carbocycles. The summed E-state index contributed by atoms with van der Waals surface area (Å²) in [5, 5.41) is 13.1. The molecule has 1 unspecified atom stereocenters. The van der Waals surface area contributed by atoms with Gasteiger partial charge in [0.15, 0.2) is 0 Å². The summed E-state index contributed by atoms with van der Waals surface area (Å²) in [4.78, 5) is 34.2. The largest absolute Gasteiger partial charge is 0.467 e. The summed E-state index contributed by atoms with van der Waals surface area (Å²) in [6, 6.07) is 9.86. The van der Waals surface area contributed by atoms with Gasteiger partial charge in [0.1, 0.15) is 11.9 Å². The minimum absolute atomic E-state index is 0.0465. The Morgan fingerprint density at radius 1 is 1.20 bits per heavy atom. The SMILES string of the molecule is COC(=O)C(Cc1ccc([N+](=O)[O-])cc1)NC(=O)c1ccccc1F. The van der Waals surface area contributed by atoms with Crippen LogP contribution in [-0.4, -0.2) is 30.0 Å². The van der Waals surface area contributed by atoms with Crippen molar-refractivity contribution in [1.29, 1.82) is 0 Å². The highest BCUT2D eigenvalue weighted by atomic mass is 19.1. The number of methoxy groups -OCH3 is 1. The highest BCUT2D eigenvalue weighted by molar-refractivity contribution is 5.97. The summed E-state index contributed by atoms with van der Waals surface area (Å²) < 4.78 is 18.3. The fourth-order valence-electron chi connectivity index (χ4n) is 2.21. The summed E-state index contributed by atoms with van der Waals surface area (Å²) in [7, 11) is 1.17. The van der Waals surface area contributed by atoms with Gasteiger partial charge in [0.2, 0.25) is 0 Å². The molecule has 0 saturated heterocycles. The molecular weight excluding hydrogens is 331 g/mol. The van der Waals surface area contributed by atoms with E-state index in [1.165, 1.54) is 49.6 Å². The predicted octanol–water partition coefficient (Wildman–Crippen LogP) is 2.25. The molecule has 25 heavy (non-hydrogen) atoms. The fourth-order valence-corrected chi connectivity index (χ4v) is 2.21. The quantitative estimate of drug-likeness (QED) is 0.491. The molecule has 0 radical (unpaired) electrons. The van der Waals surface area contributed by atoms with E-state index in [4.69, 9.17) is 0 Å². The maximum absolute atomic E-state index is 13.7. The Bertz CT molecular complexity index is 792. The maximum Gasteiger partial charge on any atom is 0.328 e. The van der Waals surface area contributed by atoms with E-state index in [1.807, 2.05) is 0 Å². The number of rotatable bonds is 6. The lowest BCUT2D eigenvalue weighted by molar-refractivity contribution is -0.384. The van der Waals surface area contributed by atoms with Crippen molar-refractivity contribution in [2.75, 3.05) is 7.11 Å². The third kappa shape index (κ3) is 4.60. The lowest BCUT2D eigenvalue weighted by atomic mass is 10.0. The molecule has 0 aliphatic rings. The molecule has 7 nitrogen and oxygen atoms in total. The molecule has 0 saturated carbocycles. The van der Waals surface area contributed by atoms with Gasteiger partial charge in [-0.1, -0.05) is 24.3 Å². The van der Waals surface area contributed by atoms with E-state index in [0.717, 1.165) is 6.07 Å². The van der Waals surface area contributed by atoms with Crippen LogP contribution in [0, 0.1) is 15.9 Å². The molecule has 0 aliphatic carbocycles. The van der Waals surface area contributed by atoms with Crippen LogP contribution in [0.15, 0.2) is 48.5 Å². The lowest BCUT2D eigenvalue weighted by Gasteiger charge is -2.17. The number of hydrogen-bond acceptors (Lipinski definition) is 5. The number of halogens is 1. The zero-order valence-electron chi connectivity index (χ0n) is 13.3. The van der Waals surface area contributed by atoms with E-state index in [1.54, 1.807) is 0 Å². The van der Waals surface area contributed by atoms with E-state index >= 15 is 0 Å². The number of nitrogens with zero attached hydrogens (tertiary/aromatic N) is 1. The lowest BCUT2D eigenvalue weighted by Crippen LogP contribution is -2.43. The van der Waals surface area contributed by atoms with Crippen molar-refractivity contribution in [2.45, 2.75) is 12.5 Å². The molecule has 1 amide bonds. The van der Waals surface area contributed by atoms with Crippen LogP contribution in [0.5, 0.6) is 0 Å². The van der Waals surface area contributed by atoms with Gasteiger partial charge in [-0.25, -0.2) is 9.18 Å². The first-order valence-electron chi connectivity index (χ1n) is 7.29. The number of carbonyl (C=O) groups excluding carboxylic acids is 2. The number of nitro groups is 1. The van der Waals surface area contributed by atoms with Crippen LogP contribution >= 0.6 is 0 Å². The Labute approximate surface area is 142 Å². The fraction of sp³-hybridized carbons (Fsp3) is 0.176. The summed E-state index contributed by atoms with van der Waals surface area (Å²) in [6.45, 7) is 0. The van der Waals surface area contributed by atoms with Gasteiger partial charge in [-0.15, -0.1) is 0 Å². The first kappa shape index (κ1) is 18.1. The predicted molar refractivity (Wildman–Crippen MR) is 86.5 cm³/mol. The normalized spacial score (nSPS) is 11.4. The van der Waals surface area contributed by atoms with Crippen LogP contribution in [0.25, 0.3) is 0 Å². The molecule has 0 fully saturated rings. The van der Waals surface area contributed by atoms with Crippen LogP contribution in [0.2, 0.25) is 0 Å². The number of amides is 1.